The van der Waals surface area contributed by atoms with E-state index in [1.54, 1.807) is 6.20 Å². The first kappa shape index (κ1) is 21.8. The van der Waals surface area contributed by atoms with Gasteiger partial charge in [0.1, 0.15) is 12.1 Å². The van der Waals surface area contributed by atoms with Crippen molar-refractivity contribution in [2.24, 2.45) is 20.8 Å². The van der Waals surface area contributed by atoms with Crippen molar-refractivity contribution in [3.63, 3.8) is 0 Å². The molecule has 3 aliphatic rings. The fourth-order valence-corrected chi connectivity index (χ4v) is 4.22. The van der Waals surface area contributed by atoms with Crippen LogP contribution in [0, 0.1) is 10.8 Å². The molecule has 0 saturated carbocycles. The first-order valence-electron chi connectivity index (χ1n) is 11.3. The maximum Gasteiger partial charge on any atom is 0.218 e. The molecule has 1 atom stereocenters. The Kier molecular flexibility index (Phi) is 6.92. The zero-order valence-corrected chi connectivity index (χ0v) is 18.3. The second-order valence-corrected chi connectivity index (χ2v) is 9.17. The smallest absolute Gasteiger partial charge is 0.218 e. The van der Waals surface area contributed by atoms with E-state index in [0.717, 1.165) is 69.8 Å². The number of hydrogen-bond donors (Lipinski definition) is 3. The molecule has 0 aromatic carbocycles. The molecule has 1 aromatic rings. The number of anilines is 1. The van der Waals surface area contributed by atoms with Gasteiger partial charge in [0, 0.05) is 52.0 Å². The number of aromatic nitrogens is 2. The van der Waals surface area contributed by atoms with Crippen LogP contribution in [0.4, 0.5) is 5.82 Å². The Balaban J connectivity index is 1.38. The molecular weight excluding hydrogens is 394 g/mol. The third-order valence-corrected chi connectivity index (χ3v) is 6.51. The normalized spacial score (nSPS) is 25.8. The Morgan fingerprint density at radius 3 is 2.87 bits per heavy atom. The molecule has 0 amide bonds. The number of carbonyl (C=O) groups is 1. The number of piperidine rings is 1. The highest BCUT2D eigenvalue weighted by atomic mass is 16.5. The topological polar surface area (TPSA) is 113 Å². The zero-order valence-electron chi connectivity index (χ0n) is 18.3. The largest absolute Gasteiger partial charge is 0.381 e. The number of hydrogen-bond acceptors (Lipinski definition) is 9. The van der Waals surface area contributed by atoms with Gasteiger partial charge in [-0.2, -0.15) is 0 Å². The molecule has 31 heavy (non-hydrogen) atoms. The van der Waals surface area contributed by atoms with Crippen LogP contribution < -0.4 is 16.0 Å². The van der Waals surface area contributed by atoms with Crippen LogP contribution in [0.15, 0.2) is 22.2 Å². The van der Waals surface area contributed by atoms with Gasteiger partial charge in [0.15, 0.2) is 5.82 Å². The van der Waals surface area contributed by atoms with Gasteiger partial charge in [0.05, 0.1) is 11.1 Å². The molecule has 0 aliphatic carbocycles. The number of guanidine groups is 1. The van der Waals surface area contributed by atoms with Crippen LogP contribution >= 0.6 is 0 Å². The van der Waals surface area contributed by atoms with Gasteiger partial charge in [0.25, 0.3) is 0 Å². The number of aliphatic imine (C=N–C) groups is 2. The third kappa shape index (κ3) is 5.65. The minimum atomic E-state index is -0.394. The molecule has 9 heteroatoms. The van der Waals surface area contributed by atoms with Crippen molar-refractivity contribution in [3.8, 4) is 0 Å². The maximum absolute atomic E-state index is 11.7. The first-order valence-corrected chi connectivity index (χ1v) is 11.3. The van der Waals surface area contributed by atoms with Gasteiger partial charge in [-0.3, -0.25) is 4.99 Å². The molecule has 9 nitrogen and oxygen atoms in total. The van der Waals surface area contributed by atoms with Crippen LogP contribution in [0.2, 0.25) is 0 Å². The number of carbonyl (C=O) groups excluding carboxylic acids is 1. The molecule has 1 aromatic heterocycles. The van der Waals surface area contributed by atoms with Crippen LogP contribution in [-0.2, 0) is 9.53 Å². The average molecular weight is 428 g/mol. The predicted molar refractivity (Wildman–Crippen MR) is 121 cm³/mol. The summed E-state index contributed by atoms with van der Waals surface area (Å²) in [6.07, 6.45) is 7.51. The van der Waals surface area contributed by atoms with Crippen LogP contribution in [0.1, 0.15) is 44.9 Å². The monoisotopic (exact) mass is 427 g/mol. The van der Waals surface area contributed by atoms with E-state index in [4.69, 9.17) is 9.72 Å². The summed E-state index contributed by atoms with van der Waals surface area (Å²) >= 11 is 0. The molecule has 0 spiro atoms. The van der Waals surface area contributed by atoms with Gasteiger partial charge in [0.2, 0.25) is 5.96 Å². The van der Waals surface area contributed by atoms with Crippen LogP contribution in [0.25, 0.3) is 0 Å². The molecule has 3 N–H and O–H groups in total. The summed E-state index contributed by atoms with van der Waals surface area (Å²) in [5.74, 6) is 2.00. The van der Waals surface area contributed by atoms with Gasteiger partial charge in [-0.25, -0.2) is 15.0 Å². The first-order chi connectivity index (χ1) is 15.1. The van der Waals surface area contributed by atoms with Gasteiger partial charge in [-0.1, -0.05) is 6.92 Å². The minimum absolute atomic E-state index is 0.220. The average Bonchev–Trinajstić information content (AvgIpc) is 2.83. The molecule has 0 bridgehead atoms. The summed E-state index contributed by atoms with van der Waals surface area (Å²) in [5.41, 5.74) is 0.646. The Hall–Kier alpha value is -2.39. The quantitative estimate of drug-likeness (QED) is 0.564. The van der Waals surface area contributed by atoms with E-state index in [1.807, 2.05) is 6.07 Å². The Morgan fingerprint density at radius 2 is 2.10 bits per heavy atom. The van der Waals surface area contributed by atoms with Crippen molar-refractivity contribution in [2.75, 3.05) is 51.3 Å². The molecule has 3 aliphatic heterocycles. The predicted octanol–water partition coefficient (Wildman–Crippen LogP) is 1.41. The van der Waals surface area contributed by atoms with E-state index < -0.39 is 5.41 Å². The highest BCUT2D eigenvalue weighted by molar-refractivity contribution is 6.06. The van der Waals surface area contributed by atoms with E-state index in [2.05, 4.69) is 37.8 Å². The Bertz CT molecular complexity index is 827. The standard InChI is InChI=1S/C22H33N7O2/c1-21(6-11-31-12-7-21)13-26-18-4-10-24-19(29-18)17-3-9-25-20(28-17)27-15-22(16-30)5-2-8-23-14-22/h4,10,16,23H,2-3,5-9,11-15H2,1H3,(H,25,27)(H,24,26,29). The van der Waals surface area contributed by atoms with Gasteiger partial charge < -0.3 is 25.5 Å². The molecule has 0 radical (unpaired) electrons. The molecule has 4 heterocycles. The lowest BCUT2D eigenvalue weighted by molar-refractivity contribution is -0.116. The summed E-state index contributed by atoms with van der Waals surface area (Å²) in [7, 11) is 0. The molecule has 4 rings (SSSR count). The van der Waals surface area contributed by atoms with E-state index >= 15 is 0 Å². The van der Waals surface area contributed by atoms with Crippen molar-refractivity contribution in [1.29, 1.82) is 0 Å². The van der Waals surface area contributed by atoms with E-state index in [0.29, 0.717) is 37.8 Å². The summed E-state index contributed by atoms with van der Waals surface area (Å²) in [6, 6.07) is 1.90. The number of aldehydes is 1. The van der Waals surface area contributed by atoms with Crippen molar-refractivity contribution in [2.45, 2.75) is 39.0 Å². The molecular formula is C22H33N7O2. The third-order valence-electron chi connectivity index (χ3n) is 6.51. The second kappa shape index (κ2) is 9.82. The highest BCUT2D eigenvalue weighted by Crippen LogP contribution is 2.29. The van der Waals surface area contributed by atoms with Crippen molar-refractivity contribution in [1.82, 2.24) is 20.6 Å². The SMILES string of the molecule is CC1(CNc2ccnc(C3=NC(NCC4(C=O)CCCNC4)=NCC3)n2)CCOCC1. The molecule has 168 valence electrons. The molecule has 2 saturated heterocycles. The van der Waals surface area contributed by atoms with Crippen molar-refractivity contribution in [3.05, 3.63) is 18.1 Å². The minimum Gasteiger partial charge on any atom is -0.381 e. The van der Waals surface area contributed by atoms with Crippen LogP contribution in [0.3, 0.4) is 0 Å². The van der Waals surface area contributed by atoms with E-state index in [1.165, 1.54) is 0 Å². The lowest BCUT2D eigenvalue weighted by Gasteiger charge is -2.33. The van der Waals surface area contributed by atoms with Gasteiger partial charge >= 0.3 is 0 Å². The van der Waals surface area contributed by atoms with Crippen LogP contribution in [0.5, 0.6) is 0 Å². The summed E-state index contributed by atoms with van der Waals surface area (Å²) in [4.78, 5) is 30.0. The molecule has 2 fully saturated rings. The van der Waals surface area contributed by atoms with Crippen LogP contribution in [-0.4, -0.2) is 73.9 Å². The van der Waals surface area contributed by atoms with E-state index in [9.17, 15) is 4.79 Å². The van der Waals surface area contributed by atoms with E-state index in [-0.39, 0.29) is 5.41 Å². The second-order valence-electron chi connectivity index (χ2n) is 9.17. The summed E-state index contributed by atoms with van der Waals surface area (Å²) in [5, 5.41) is 10.1. The Morgan fingerprint density at radius 1 is 1.23 bits per heavy atom. The fraction of sp³-hybridized carbons (Fsp3) is 0.682. The lowest BCUT2D eigenvalue weighted by Crippen LogP contribution is -2.48. The fourth-order valence-electron chi connectivity index (χ4n) is 4.22. The maximum atomic E-state index is 11.7. The van der Waals surface area contributed by atoms with Gasteiger partial charge in [-0.15, -0.1) is 0 Å². The van der Waals surface area contributed by atoms with Crippen molar-refractivity contribution >= 4 is 23.8 Å². The summed E-state index contributed by atoms with van der Waals surface area (Å²) in [6.45, 7) is 7.61. The number of nitrogens with zero attached hydrogens (tertiary/aromatic N) is 4. The molecule has 1 unspecified atom stereocenters. The highest BCUT2D eigenvalue weighted by Gasteiger charge is 2.32. The summed E-state index contributed by atoms with van der Waals surface area (Å²) < 4.78 is 5.49. The zero-order chi connectivity index (χ0) is 21.6. The number of rotatable bonds is 7. The number of ether oxygens (including phenoxy) is 1. The van der Waals surface area contributed by atoms with Gasteiger partial charge in [-0.05, 0) is 43.7 Å². The Labute approximate surface area is 183 Å². The van der Waals surface area contributed by atoms with Crippen molar-refractivity contribution < 1.29 is 9.53 Å². The lowest BCUT2D eigenvalue weighted by atomic mass is 9.82. The number of nitrogens with one attached hydrogen (secondary N) is 3.